The number of amides is 2. The number of hydrogen-bond acceptors (Lipinski definition) is 3. The summed E-state index contributed by atoms with van der Waals surface area (Å²) in [6, 6.07) is 9.71. The summed E-state index contributed by atoms with van der Waals surface area (Å²) in [7, 11) is 0. The van der Waals surface area contributed by atoms with E-state index in [1.54, 1.807) is 45.0 Å². The van der Waals surface area contributed by atoms with E-state index < -0.39 is 11.9 Å². The second-order valence-corrected chi connectivity index (χ2v) is 6.52. The lowest BCUT2D eigenvalue weighted by atomic mass is 10.1. The molecular formula is C20H22N2O4. The Morgan fingerprint density at radius 3 is 2.19 bits per heavy atom. The summed E-state index contributed by atoms with van der Waals surface area (Å²) in [6.45, 7) is 7.16. The van der Waals surface area contributed by atoms with E-state index in [9.17, 15) is 14.4 Å². The second kappa shape index (κ2) is 7.82. The summed E-state index contributed by atoms with van der Waals surface area (Å²) in [5.74, 6) is -1.77. The lowest BCUT2D eigenvalue weighted by Gasteiger charge is -2.13. The number of rotatable bonds is 5. The van der Waals surface area contributed by atoms with Gasteiger partial charge in [-0.25, -0.2) is 4.79 Å². The van der Waals surface area contributed by atoms with Gasteiger partial charge in [0.2, 0.25) is 5.91 Å². The van der Waals surface area contributed by atoms with Crippen molar-refractivity contribution in [1.82, 2.24) is 0 Å². The Morgan fingerprint density at radius 1 is 0.923 bits per heavy atom. The summed E-state index contributed by atoms with van der Waals surface area (Å²) in [4.78, 5) is 35.6. The van der Waals surface area contributed by atoms with Gasteiger partial charge in [-0.1, -0.05) is 19.9 Å². The van der Waals surface area contributed by atoms with Crippen LogP contribution in [-0.4, -0.2) is 22.9 Å². The lowest BCUT2D eigenvalue weighted by Crippen LogP contribution is -2.18. The Bertz CT molecular complexity index is 872. The van der Waals surface area contributed by atoms with Crippen molar-refractivity contribution in [3.8, 4) is 0 Å². The Kier molecular flexibility index (Phi) is 5.77. The number of nitrogens with one attached hydrogen (secondary N) is 2. The van der Waals surface area contributed by atoms with E-state index in [2.05, 4.69) is 10.6 Å². The predicted octanol–water partition coefficient (Wildman–Crippen LogP) is 3.85. The fourth-order valence-corrected chi connectivity index (χ4v) is 2.35. The van der Waals surface area contributed by atoms with Crippen molar-refractivity contribution >= 4 is 29.2 Å². The van der Waals surface area contributed by atoms with E-state index in [1.807, 2.05) is 6.92 Å². The fourth-order valence-electron chi connectivity index (χ4n) is 2.35. The minimum Gasteiger partial charge on any atom is -0.478 e. The van der Waals surface area contributed by atoms with Gasteiger partial charge in [-0.2, -0.15) is 0 Å². The number of hydrogen-bond donors (Lipinski definition) is 3. The van der Waals surface area contributed by atoms with Crippen LogP contribution in [0.4, 0.5) is 11.4 Å². The maximum absolute atomic E-state index is 12.5. The molecule has 0 fully saturated rings. The van der Waals surface area contributed by atoms with Gasteiger partial charge in [-0.05, 0) is 55.3 Å². The Morgan fingerprint density at radius 2 is 1.58 bits per heavy atom. The molecule has 0 saturated heterocycles. The van der Waals surface area contributed by atoms with E-state index >= 15 is 0 Å². The summed E-state index contributed by atoms with van der Waals surface area (Å²) in [6.07, 6.45) is 0. The van der Waals surface area contributed by atoms with Crippen LogP contribution < -0.4 is 10.6 Å². The van der Waals surface area contributed by atoms with E-state index in [1.165, 1.54) is 12.1 Å². The molecule has 136 valence electrons. The summed E-state index contributed by atoms with van der Waals surface area (Å²) in [5.41, 5.74) is 2.97. The van der Waals surface area contributed by atoms with Gasteiger partial charge in [-0.3, -0.25) is 9.59 Å². The second-order valence-electron chi connectivity index (χ2n) is 6.52. The van der Waals surface area contributed by atoms with Crippen molar-refractivity contribution in [2.24, 2.45) is 5.92 Å². The molecule has 2 rings (SSSR count). The van der Waals surface area contributed by atoms with Crippen LogP contribution in [-0.2, 0) is 4.79 Å². The zero-order valence-electron chi connectivity index (χ0n) is 15.2. The first-order valence-corrected chi connectivity index (χ1v) is 8.25. The Labute approximate surface area is 152 Å². The normalized spacial score (nSPS) is 10.5. The standard InChI is InChI=1S/C20H22N2O4/c1-11(2)18(23)21-16-6-5-13(4)17(10-16)22-19(24)14-7-12(3)8-15(9-14)20(25)26/h5-11H,1-4H3,(H,21,23)(H,22,24)(H,25,26). The smallest absolute Gasteiger partial charge is 0.335 e. The molecule has 0 atom stereocenters. The van der Waals surface area contributed by atoms with Crippen molar-refractivity contribution in [2.75, 3.05) is 10.6 Å². The average Bonchev–Trinajstić information content (AvgIpc) is 2.57. The molecule has 0 heterocycles. The molecule has 0 aliphatic carbocycles. The molecule has 6 heteroatoms. The molecule has 0 spiro atoms. The van der Waals surface area contributed by atoms with Crippen molar-refractivity contribution < 1.29 is 19.5 Å². The molecule has 0 aliphatic heterocycles. The predicted molar refractivity (Wildman–Crippen MR) is 101 cm³/mol. The van der Waals surface area contributed by atoms with Gasteiger partial charge in [-0.15, -0.1) is 0 Å². The molecular weight excluding hydrogens is 332 g/mol. The molecule has 2 aromatic rings. The zero-order valence-corrected chi connectivity index (χ0v) is 15.2. The number of carbonyl (C=O) groups excluding carboxylic acids is 2. The van der Waals surface area contributed by atoms with Crippen LogP contribution in [0.2, 0.25) is 0 Å². The first-order chi connectivity index (χ1) is 12.2. The van der Waals surface area contributed by atoms with Gasteiger partial charge in [0.05, 0.1) is 5.56 Å². The van der Waals surface area contributed by atoms with Crippen LogP contribution in [0.25, 0.3) is 0 Å². The summed E-state index contributed by atoms with van der Waals surface area (Å²) >= 11 is 0. The molecule has 6 nitrogen and oxygen atoms in total. The Balaban J connectivity index is 2.26. The minimum atomic E-state index is -1.09. The highest BCUT2D eigenvalue weighted by molar-refractivity contribution is 6.06. The first kappa shape index (κ1) is 19.2. The third-order valence-electron chi connectivity index (χ3n) is 3.86. The Hall–Kier alpha value is -3.15. The van der Waals surface area contributed by atoms with Crippen LogP contribution in [0.5, 0.6) is 0 Å². The van der Waals surface area contributed by atoms with E-state index in [0.29, 0.717) is 16.9 Å². The largest absolute Gasteiger partial charge is 0.478 e. The van der Waals surface area contributed by atoms with E-state index in [4.69, 9.17) is 5.11 Å². The maximum atomic E-state index is 12.5. The molecule has 0 radical (unpaired) electrons. The monoisotopic (exact) mass is 354 g/mol. The molecule has 2 aromatic carbocycles. The van der Waals surface area contributed by atoms with Crippen LogP contribution in [0.15, 0.2) is 36.4 Å². The molecule has 0 aliphatic rings. The van der Waals surface area contributed by atoms with E-state index in [0.717, 1.165) is 5.56 Å². The average molecular weight is 354 g/mol. The number of benzene rings is 2. The summed E-state index contributed by atoms with van der Waals surface area (Å²) in [5, 5.41) is 14.7. The van der Waals surface area contributed by atoms with Crippen LogP contribution >= 0.6 is 0 Å². The molecule has 0 bridgehead atoms. The summed E-state index contributed by atoms with van der Waals surface area (Å²) < 4.78 is 0. The third kappa shape index (κ3) is 4.69. The molecule has 0 saturated carbocycles. The molecule has 0 unspecified atom stereocenters. The van der Waals surface area contributed by atoms with Gasteiger partial charge >= 0.3 is 5.97 Å². The van der Waals surface area contributed by atoms with Gasteiger partial charge in [0, 0.05) is 22.9 Å². The highest BCUT2D eigenvalue weighted by Gasteiger charge is 2.13. The number of carbonyl (C=O) groups is 3. The maximum Gasteiger partial charge on any atom is 0.335 e. The van der Waals surface area contributed by atoms with Crippen LogP contribution in [0, 0.1) is 19.8 Å². The van der Waals surface area contributed by atoms with Crippen molar-refractivity contribution in [3.05, 3.63) is 58.7 Å². The SMILES string of the molecule is Cc1cc(C(=O)O)cc(C(=O)Nc2cc(NC(=O)C(C)C)ccc2C)c1. The first-order valence-electron chi connectivity index (χ1n) is 8.25. The lowest BCUT2D eigenvalue weighted by molar-refractivity contribution is -0.118. The van der Waals surface area contributed by atoms with E-state index in [-0.39, 0.29) is 23.0 Å². The van der Waals surface area contributed by atoms with Gasteiger partial charge in [0.1, 0.15) is 0 Å². The number of anilines is 2. The molecule has 3 N–H and O–H groups in total. The molecule has 0 aromatic heterocycles. The van der Waals surface area contributed by atoms with Gasteiger partial charge < -0.3 is 15.7 Å². The van der Waals surface area contributed by atoms with Crippen molar-refractivity contribution in [1.29, 1.82) is 0 Å². The van der Waals surface area contributed by atoms with Crippen LogP contribution in [0.1, 0.15) is 45.7 Å². The van der Waals surface area contributed by atoms with Crippen molar-refractivity contribution in [2.45, 2.75) is 27.7 Å². The van der Waals surface area contributed by atoms with Crippen molar-refractivity contribution in [3.63, 3.8) is 0 Å². The third-order valence-corrected chi connectivity index (χ3v) is 3.86. The fraction of sp³-hybridized carbons (Fsp3) is 0.250. The number of aryl methyl sites for hydroxylation is 2. The molecule has 2 amide bonds. The quantitative estimate of drug-likeness (QED) is 0.760. The van der Waals surface area contributed by atoms with Crippen LogP contribution in [0.3, 0.4) is 0 Å². The van der Waals surface area contributed by atoms with Gasteiger partial charge in [0.15, 0.2) is 0 Å². The number of carboxylic acids is 1. The minimum absolute atomic E-state index is 0.0600. The molecule has 26 heavy (non-hydrogen) atoms. The van der Waals surface area contributed by atoms with Gasteiger partial charge in [0.25, 0.3) is 5.91 Å². The number of carboxylic acid groups (broad SMARTS) is 1. The number of aromatic carboxylic acids is 1. The zero-order chi connectivity index (χ0) is 19.4. The highest BCUT2D eigenvalue weighted by atomic mass is 16.4. The highest BCUT2D eigenvalue weighted by Crippen LogP contribution is 2.22. The topological polar surface area (TPSA) is 95.5 Å².